The molecule has 1 atom stereocenters. The first-order valence-corrected chi connectivity index (χ1v) is 7.96. The van der Waals surface area contributed by atoms with Crippen molar-refractivity contribution in [2.75, 3.05) is 18.6 Å². The highest BCUT2D eigenvalue weighted by Crippen LogP contribution is 2.20. The van der Waals surface area contributed by atoms with Crippen molar-refractivity contribution >= 4 is 9.84 Å². The van der Waals surface area contributed by atoms with Crippen molar-refractivity contribution < 1.29 is 17.7 Å². The van der Waals surface area contributed by atoms with E-state index >= 15 is 0 Å². The quantitative estimate of drug-likeness (QED) is 0.829. The summed E-state index contributed by atoms with van der Waals surface area (Å²) in [5, 5.41) is 6.98. The monoisotopic (exact) mass is 289 g/mol. The number of sulfone groups is 1. The van der Waals surface area contributed by atoms with Crippen LogP contribution in [-0.4, -0.2) is 43.2 Å². The van der Waals surface area contributed by atoms with E-state index < -0.39 is 15.4 Å². The van der Waals surface area contributed by atoms with Crippen LogP contribution in [0.1, 0.15) is 32.0 Å². The summed E-state index contributed by atoms with van der Waals surface area (Å²) in [6.45, 7) is 4.06. The van der Waals surface area contributed by atoms with Crippen LogP contribution in [0.4, 0.5) is 0 Å². The molecule has 7 nitrogen and oxygen atoms in total. The van der Waals surface area contributed by atoms with Crippen LogP contribution in [0.25, 0.3) is 0 Å². The van der Waals surface area contributed by atoms with Crippen LogP contribution in [0.15, 0.2) is 4.52 Å². The standard InChI is InChI=1S/C11H19N3O4S/c1-11(2,17-3)10-13-9(18-14-10)6-12-8-4-5-19(15,16)7-8/h8,12H,4-7H2,1-3H3. The summed E-state index contributed by atoms with van der Waals surface area (Å²) in [5.74, 6) is 1.34. The predicted octanol–water partition coefficient (Wildman–Crippen LogP) is 0.228. The zero-order valence-electron chi connectivity index (χ0n) is 11.3. The number of aromatic nitrogens is 2. The molecule has 1 aliphatic heterocycles. The van der Waals surface area contributed by atoms with Gasteiger partial charge in [0.2, 0.25) is 11.7 Å². The molecule has 0 aliphatic carbocycles. The second kappa shape index (κ2) is 5.18. The van der Waals surface area contributed by atoms with Gasteiger partial charge in [-0.2, -0.15) is 4.98 Å². The fraction of sp³-hybridized carbons (Fsp3) is 0.818. The highest BCUT2D eigenvalue weighted by atomic mass is 32.2. The molecule has 0 spiro atoms. The Balaban J connectivity index is 1.91. The van der Waals surface area contributed by atoms with E-state index in [2.05, 4.69) is 15.5 Å². The third kappa shape index (κ3) is 3.52. The number of nitrogens with zero attached hydrogens (tertiary/aromatic N) is 2. The largest absolute Gasteiger partial charge is 0.371 e. The Bertz CT molecular complexity index is 538. The molecule has 1 aromatic heterocycles. The topological polar surface area (TPSA) is 94.3 Å². The molecule has 0 saturated carbocycles. The first-order valence-electron chi connectivity index (χ1n) is 6.14. The number of ether oxygens (including phenoxy) is 1. The molecule has 0 radical (unpaired) electrons. The second-order valence-electron chi connectivity index (χ2n) is 5.21. The van der Waals surface area contributed by atoms with Crippen molar-refractivity contribution in [2.45, 2.75) is 38.5 Å². The first kappa shape index (κ1) is 14.4. The summed E-state index contributed by atoms with van der Waals surface area (Å²) >= 11 is 0. The normalized spacial score (nSPS) is 22.8. The van der Waals surface area contributed by atoms with Crippen LogP contribution in [-0.2, 0) is 26.7 Å². The van der Waals surface area contributed by atoms with Crippen LogP contribution in [0.5, 0.6) is 0 Å². The Morgan fingerprint density at radius 2 is 2.26 bits per heavy atom. The molecule has 0 bridgehead atoms. The SMILES string of the molecule is COC(C)(C)c1noc(CNC2CCS(=O)(=O)C2)n1. The van der Waals surface area contributed by atoms with Crippen molar-refractivity contribution in [3.05, 3.63) is 11.7 Å². The summed E-state index contributed by atoms with van der Waals surface area (Å²) in [5.41, 5.74) is -0.599. The third-order valence-electron chi connectivity index (χ3n) is 3.29. The number of hydrogen-bond acceptors (Lipinski definition) is 7. The molecule has 1 saturated heterocycles. The maximum Gasteiger partial charge on any atom is 0.240 e. The van der Waals surface area contributed by atoms with Gasteiger partial charge in [-0.15, -0.1) is 0 Å². The van der Waals surface area contributed by atoms with Gasteiger partial charge in [0.15, 0.2) is 9.84 Å². The van der Waals surface area contributed by atoms with Crippen LogP contribution >= 0.6 is 0 Å². The molecule has 1 unspecified atom stereocenters. The molecule has 1 aliphatic rings. The van der Waals surface area contributed by atoms with E-state index in [9.17, 15) is 8.42 Å². The summed E-state index contributed by atoms with van der Waals surface area (Å²) in [6.07, 6.45) is 0.632. The van der Waals surface area contributed by atoms with E-state index in [0.29, 0.717) is 24.7 Å². The molecule has 0 amide bonds. The number of hydrogen-bond donors (Lipinski definition) is 1. The predicted molar refractivity (Wildman–Crippen MR) is 68.2 cm³/mol. The minimum absolute atomic E-state index is 0.0317. The van der Waals surface area contributed by atoms with Gasteiger partial charge < -0.3 is 14.6 Å². The molecule has 2 rings (SSSR count). The van der Waals surface area contributed by atoms with Crippen LogP contribution in [0, 0.1) is 0 Å². The molecule has 8 heteroatoms. The smallest absolute Gasteiger partial charge is 0.240 e. The lowest BCUT2D eigenvalue weighted by atomic mass is 10.1. The minimum atomic E-state index is -2.87. The van der Waals surface area contributed by atoms with Crippen LogP contribution in [0.2, 0.25) is 0 Å². The Kier molecular flexibility index (Phi) is 3.93. The Hall–Kier alpha value is -0.990. The molecular weight excluding hydrogens is 270 g/mol. The number of methoxy groups -OCH3 is 1. The van der Waals surface area contributed by atoms with Gasteiger partial charge in [0.1, 0.15) is 5.60 Å². The van der Waals surface area contributed by atoms with Crippen molar-refractivity contribution in [1.82, 2.24) is 15.5 Å². The van der Waals surface area contributed by atoms with Crippen molar-refractivity contribution in [2.24, 2.45) is 0 Å². The highest BCUT2D eigenvalue weighted by molar-refractivity contribution is 7.91. The van der Waals surface area contributed by atoms with E-state index in [1.165, 1.54) is 0 Å². The first-order chi connectivity index (χ1) is 8.82. The third-order valence-corrected chi connectivity index (χ3v) is 5.06. The summed E-state index contributed by atoms with van der Waals surface area (Å²) in [7, 11) is -1.29. The summed E-state index contributed by atoms with van der Waals surface area (Å²) in [6, 6.07) is -0.0317. The van der Waals surface area contributed by atoms with Crippen LogP contribution < -0.4 is 5.32 Å². The molecule has 1 aromatic rings. The van der Waals surface area contributed by atoms with Gasteiger partial charge in [-0.05, 0) is 20.3 Å². The molecule has 2 heterocycles. The Morgan fingerprint density at radius 1 is 1.53 bits per heavy atom. The minimum Gasteiger partial charge on any atom is -0.371 e. The maximum absolute atomic E-state index is 11.3. The second-order valence-corrected chi connectivity index (χ2v) is 7.44. The fourth-order valence-electron chi connectivity index (χ4n) is 1.85. The van der Waals surface area contributed by atoms with Crippen molar-refractivity contribution in [3.8, 4) is 0 Å². The van der Waals surface area contributed by atoms with Gasteiger partial charge in [0, 0.05) is 13.2 Å². The molecule has 1 fully saturated rings. The lowest BCUT2D eigenvalue weighted by Gasteiger charge is -2.17. The van der Waals surface area contributed by atoms with Crippen LogP contribution in [0.3, 0.4) is 0 Å². The van der Waals surface area contributed by atoms with E-state index in [-0.39, 0.29) is 17.5 Å². The lowest BCUT2D eigenvalue weighted by molar-refractivity contribution is 0.00973. The zero-order chi connectivity index (χ0) is 14.1. The Morgan fingerprint density at radius 3 is 2.84 bits per heavy atom. The van der Waals surface area contributed by atoms with E-state index in [4.69, 9.17) is 9.26 Å². The average molecular weight is 289 g/mol. The van der Waals surface area contributed by atoms with Crippen molar-refractivity contribution in [3.63, 3.8) is 0 Å². The average Bonchev–Trinajstić information content (AvgIpc) is 2.93. The number of nitrogens with one attached hydrogen (secondary N) is 1. The van der Waals surface area contributed by atoms with Crippen molar-refractivity contribution in [1.29, 1.82) is 0 Å². The molecule has 108 valence electrons. The highest BCUT2D eigenvalue weighted by Gasteiger charge is 2.29. The fourth-order valence-corrected chi connectivity index (χ4v) is 3.56. The lowest BCUT2D eigenvalue weighted by Crippen LogP contribution is -2.29. The van der Waals surface area contributed by atoms with Gasteiger partial charge in [-0.3, -0.25) is 0 Å². The summed E-state index contributed by atoms with van der Waals surface area (Å²) in [4.78, 5) is 4.24. The summed E-state index contributed by atoms with van der Waals surface area (Å²) < 4.78 is 33.0. The van der Waals surface area contributed by atoms with E-state index in [0.717, 1.165) is 0 Å². The molecule has 19 heavy (non-hydrogen) atoms. The van der Waals surface area contributed by atoms with E-state index in [1.54, 1.807) is 7.11 Å². The number of rotatable bonds is 5. The maximum atomic E-state index is 11.3. The zero-order valence-corrected chi connectivity index (χ0v) is 12.2. The van der Waals surface area contributed by atoms with Gasteiger partial charge in [0.05, 0.1) is 18.1 Å². The Labute approximate surface area is 112 Å². The van der Waals surface area contributed by atoms with Gasteiger partial charge in [-0.1, -0.05) is 5.16 Å². The van der Waals surface area contributed by atoms with Gasteiger partial charge in [-0.25, -0.2) is 8.42 Å². The van der Waals surface area contributed by atoms with Gasteiger partial charge >= 0.3 is 0 Å². The molecule has 1 N–H and O–H groups in total. The molecule has 0 aromatic carbocycles. The van der Waals surface area contributed by atoms with E-state index in [1.807, 2.05) is 13.8 Å². The van der Waals surface area contributed by atoms with Gasteiger partial charge in [0.25, 0.3) is 0 Å². The molecular formula is C11H19N3O4S.